The van der Waals surface area contributed by atoms with Crippen LogP contribution in [-0.4, -0.2) is 29.1 Å². The van der Waals surface area contributed by atoms with E-state index < -0.39 is 29.3 Å². The van der Waals surface area contributed by atoms with E-state index in [0.717, 1.165) is 4.68 Å². The maximum Gasteiger partial charge on any atom is 0.283 e. The van der Waals surface area contributed by atoms with E-state index in [1.165, 1.54) is 19.4 Å². The molecule has 0 bridgehead atoms. The maximum absolute atomic E-state index is 13.3. The Hall–Kier alpha value is -2.82. The molecule has 1 heterocycles. The predicted molar refractivity (Wildman–Crippen MR) is 92.7 cm³/mol. The van der Waals surface area contributed by atoms with Crippen molar-refractivity contribution in [2.45, 2.75) is 19.4 Å². The second-order valence-corrected chi connectivity index (χ2v) is 5.56. The molecule has 0 aliphatic heterocycles. The van der Waals surface area contributed by atoms with Gasteiger partial charge in [0, 0.05) is 5.56 Å². The molecular formula is C15H15ClF4N6O. The molecule has 7 nitrogen and oxygen atoms in total. The van der Waals surface area contributed by atoms with Gasteiger partial charge in [0.1, 0.15) is 17.1 Å². The number of hydrogen-bond acceptors (Lipinski definition) is 4. The summed E-state index contributed by atoms with van der Waals surface area (Å²) in [5.41, 5.74) is 9.51. The molecule has 0 aliphatic rings. The van der Waals surface area contributed by atoms with Crippen LogP contribution in [0.5, 0.6) is 5.75 Å². The third-order valence-corrected chi connectivity index (χ3v) is 3.76. The van der Waals surface area contributed by atoms with Crippen molar-refractivity contribution in [1.29, 1.82) is 0 Å². The lowest BCUT2D eigenvalue weighted by Gasteiger charge is -2.12. The molecule has 0 aliphatic carbocycles. The molecule has 146 valence electrons. The van der Waals surface area contributed by atoms with Gasteiger partial charge in [-0.3, -0.25) is 4.68 Å². The topological polar surface area (TPSA) is 104 Å². The highest BCUT2D eigenvalue weighted by molar-refractivity contribution is 6.32. The summed E-state index contributed by atoms with van der Waals surface area (Å²) in [5, 5.41) is 9.85. The lowest BCUT2D eigenvalue weighted by molar-refractivity contribution is 0.139. The molecule has 0 unspecified atom stereocenters. The minimum atomic E-state index is -3.09. The molecule has 0 fully saturated rings. The summed E-state index contributed by atoms with van der Waals surface area (Å²) in [6.45, 7) is -0.279. The maximum atomic E-state index is 13.3. The zero-order valence-electron chi connectivity index (χ0n) is 13.9. The summed E-state index contributed by atoms with van der Waals surface area (Å²) in [6, 6.07) is 4.70. The first-order valence-corrected chi connectivity index (χ1v) is 7.73. The Balaban J connectivity index is 2.45. The van der Waals surface area contributed by atoms with E-state index in [2.05, 4.69) is 15.3 Å². The fraction of sp³-hybridized carbons (Fsp3) is 0.267. The molecular weight excluding hydrogens is 392 g/mol. The van der Waals surface area contributed by atoms with Crippen molar-refractivity contribution < 1.29 is 22.3 Å². The van der Waals surface area contributed by atoms with Gasteiger partial charge in [-0.15, -0.1) is 5.10 Å². The van der Waals surface area contributed by atoms with Gasteiger partial charge in [-0.1, -0.05) is 11.6 Å². The molecule has 4 N–H and O–H groups in total. The van der Waals surface area contributed by atoms with Crippen LogP contribution in [0.2, 0.25) is 5.02 Å². The van der Waals surface area contributed by atoms with E-state index in [1.54, 1.807) is 12.1 Å². The van der Waals surface area contributed by atoms with Gasteiger partial charge in [0.05, 0.1) is 24.9 Å². The van der Waals surface area contributed by atoms with Crippen molar-refractivity contribution in [2.75, 3.05) is 7.11 Å². The number of guanidine groups is 1. The molecule has 0 saturated heterocycles. The van der Waals surface area contributed by atoms with E-state index in [0.29, 0.717) is 16.9 Å². The third kappa shape index (κ3) is 4.88. The Labute approximate surface area is 156 Å². The highest BCUT2D eigenvalue weighted by Gasteiger charge is 2.28. The Kier molecular flexibility index (Phi) is 6.61. The number of nitrogens with two attached hydrogens (primary N) is 2. The van der Waals surface area contributed by atoms with Crippen LogP contribution in [0.15, 0.2) is 28.4 Å². The quantitative estimate of drug-likeness (QED) is 0.319. The van der Waals surface area contributed by atoms with Gasteiger partial charge < -0.3 is 16.2 Å². The summed E-state index contributed by atoms with van der Waals surface area (Å²) < 4.78 is 58.4. The number of halogens is 5. The van der Waals surface area contributed by atoms with Crippen molar-refractivity contribution in [3.05, 3.63) is 45.7 Å². The molecule has 1 aromatic heterocycles. The van der Waals surface area contributed by atoms with Crippen LogP contribution in [0.25, 0.3) is 0 Å². The Morgan fingerprint density at radius 1 is 1.30 bits per heavy atom. The van der Waals surface area contributed by atoms with Crippen LogP contribution < -0.4 is 16.2 Å². The van der Waals surface area contributed by atoms with E-state index in [4.69, 9.17) is 27.8 Å². The van der Waals surface area contributed by atoms with Crippen molar-refractivity contribution in [3.63, 3.8) is 0 Å². The van der Waals surface area contributed by atoms with Crippen LogP contribution in [0, 0.1) is 0 Å². The monoisotopic (exact) mass is 406 g/mol. The van der Waals surface area contributed by atoms with Crippen molar-refractivity contribution in [1.82, 2.24) is 9.78 Å². The van der Waals surface area contributed by atoms with Crippen LogP contribution in [0.1, 0.15) is 35.4 Å². The van der Waals surface area contributed by atoms with Gasteiger partial charge in [-0.25, -0.2) is 17.6 Å². The van der Waals surface area contributed by atoms with Gasteiger partial charge in [0.15, 0.2) is 0 Å². The molecule has 0 amide bonds. The summed E-state index contributed by atoms with van der Waals surface area (Å²) in [6.07, 6.45) is -4.86. The zero-order valence-corrected chi connectivity index (χ0v) is 14.7. The first kappa shape index (κ1) is 20.5. The van der Waals surface area contributed by atoms with Gasteiger partial charge >= 0.3 is 0 Å². The smallest absolute Gasteiger partial charge is 0.283 e. The van der Waals surface area contributed by atoms with Crippen molar-refractivity contribution >= 4 is 23.8 Å². The molecule has 2 rings (SSSR count). The van der Waals surface area contributed by atoms with Crippen LogP contribution in [0.3, 0.4) is 0 Å². The molecule has 1 aromatic carbocycles. The second kappa shape index (κ2) is 8.71. The minimum Gasteiger partial charge on any atom is -0.496 e. The highest BCUT2D eigenvalue weighted by Crippen LogP contribution is 2.35. The number of nitrogens with zero attached hydrogens (tertiary/aromatic N) is 4. The van der Waals surface area contributed by atoms with E-state index >= 15 is 0 Å². The minimum absolute atomic E-state index is 0.243. The highest BCUT2D eigenvalue weighted by atomic mass is 35.5. The fourth-order valence-corrected chi connectivity index (χ4v) is 2.57. The van der Waals surface area contributed by atoms with E-state index in [1.807, 2.05) is 0 Å². The van der Waals surface area contributed by atoms with E-state index in [-0.39, 0.29) is 12.5 Å². The number of rotatable bonds is 7. The Morgan fingerprint density at radius 2 is 2.00 bits per heavy atom. The summed E-state index contributed by atoms with van der Waals surface area (Å²) in [4.78, 5) is 0. The van der Waals surface area contributed by atoms with Gasteiger partial charge in [0.25, 0.3) is 12.9 Å². The number of aromatic nitrogens is 2. The summed E-state index contributed by atoms with van der Waals surface area (Å²) in [5.74, 6) is 0.0895. The van der Waals surface area contributed by atoms with Crippen LogP contribution in [-0.2, 0) is 6.54 Å². The van der Waals surface area contributed by atoms with Crippen molar-refractivity contribution in [2.24, 2.45) is 21.7 Å². The van der Waals surface area contributed by atoms with E-state index in [9.17, 15) is 17.6 Å². The molecule has 0 saturated carbocycles. The fourth-order valence-electron chi connectivity index (χ4n) is 2.27. The SMILES string of the molecule is COc1ccc(C=NN=C(N)N)cc1Cn1nc(C(F)F)c(Cl)c1C(F)F. The number of methoxy groups -OCH3 is 1. The Morgan fingerprint density at radius 3 is 2.56 bits per heavy atom. The molecule has 0 spiro atoms. The van der Waals surface area contributed by atoms with Crippen molar-refractivity contribution in [3.8, 4) is 5.75 Å². The average Bonchev–Trinajstić information content (AvgIpc) is 2.91. The predicted octanol–water partition coefficient (Wildman–Crippen LogP) is 3.08. The average molecular weight is 407 g/mol. The first-order valence-electron chi connectivity index (χ1n) is 7.35. The summed E-state index contributed by atoms with van der Waals surface area (Å²) in [7, 11) is 1.38. The molecule has 27 heavy (non-hydrogen) atoms. The van der Waals surface area contributed by atoms with Crippen LogP contribution in [0.4, 0.5) is 17.6 Å². The third-order valence-electron chi connectivity index (χ3n) is 3.37. The molecule has 12 heteroatoms. The first-order chi connectivity index (χ1) is 12.7. The van der Waals surface area contributed by atoms with Gasteiger partial charge in [0.2, 0.25) is 5.96 Å². The normalized spacial score (nSPS) is 11.6. The zero-order chi connectivity index (χ0) is 20.1. The molecule has 2 aromatic rings. The summed E-state index contributed by atoms with van der Waals surface area (Å²) >= 11 is 5.65. The van der Waals surface area contributed by atoms with Gasteiger partial charge in [-0.2, -0.15) is 10.2 Å². The Bertz CT molecular complexity index is 864. The lowest BCUT2D eigenvalue weighted by Crippen LogP contribution is -2.21. The lowest BCUT2D eigenvalue weighted by atomic mass is 10.1. The number of benzene rings is 1. The number of ether oxygens (including phenoxy) is 1. The number of hydrogen-bond donors (Lipinski definition) is 2. The molecule has 0 radical (unpaired) electrons. The standard InChI is InChI=1S/C15H15ClF4N6O/c1-27-9-3-2-7(5-23-24-15(21)22)4-8(9)6-26-12(14(19)20)10(16)11(25-26)13(17)18/h2-5,13-14H,6H2,1H3,(H4,21,22,24). The van der Waals surface area contributed by atoms with Gasteiger partial charge in [-0.05, 0) is 23.8 Å². The molecule has 0 atom stereocenters. The van der Waals surface area contributed by atoms with Crippen LogP contribution >= 0.6 is 11.6 Å². The second-order valence-electron chi connectivity index (χ2n) is 5.18. The number of alkyl halides is 4. The largest absolute Gasteiger partial charge is 0.496 e.